The van der Waals surface area contributed by atoms with E-state index >= 15 is 0 Å². The maximum absolute atomic E-state index is 12.2. The van der Waals surface area contributed by atoms with E-state index in [0.717, 1.165) is 34.3 Å². The summed E-state index contributed by atoms with van der Waals surface area (Å²) in [7, 11) is -3.28. The Morgan fingerprint density at radius 3 is 2.87 bits per heavy atom. The number of nitrogens with zero attached hydrogens (tertiary/aromatic N) is 6. The number of fused-ring (bicyclic) bond motifs is 1. The number of nitriles is 1. The van der Waals surface area contributed by atoms with Crippen molar-refractivity contribution in [3.05, 3.63) is 23.8 Å². The molecule has 1 aliphatic carbocycles. The van der Waals surface area contributed by atoms with Crippen molar-refractivity contribution < 1.29 is 8.42 Å². The Morgan fingerprint density at radius 2 is 2.17 bits per heavy atom. The third kappa shape index (κ3) is 3.25. The minimum absolute atomic E-state index is 0.0497. The van der Waals surface area contributed by atoms with E-state index in [1.165, 1.54) is 4.31 Å². The van der Waals surface area contributed by atoms with Crippen molar-refractivity contribution in [1.29, 1.82) is 5.26 Å². The number of sulfonamides is 1. The first-order valence-corrected chi connectivity index (χ1v) is 12.3. The lowest BCUT2D eigenvalue weighted by Gasteiger charge is -2.47. The zero-order chi connectivity index (χ0) is 20.9. The van der Waals surface area contributed by atoms with Crippen LogP contribution in [-0.2, 0) is 15.6 Å². The summed E-state index contributed by atoms with van der Waals surface area (Å²) in [5.74, 6) is 0.662. The molecular weight excluding hydrogens is 422 g/mol. The number of anilines is 1. The van der Waals surface area contributed by atoms with Gasteiger partial charge in [-0.3, -0.25) is 4.68 Å². The van der Waals surface area contributed by atoms with Crippen molar-refractivity contribution >= 4 is 37.5 Å². The monoisotopic (exact) mass is 443 g/mol. The Balaban J connectivity index is 1.49. The zero-order valence-electron chi connectivity index (χ0n) is 16.4. The molecule has 0 radical (unpaired) electrons. The van der Waals surface area contributed by atoms with Gasteiger partial charge in [0.1, 0.15) is 5.54 Å². The average molecular weight is 444 g/mol. The van der Waals surface area contributed by atoms with Crippen molar-refractivity contribution in [1.82, 2.24) is 24.1 Å². The lowest BCUT2D eigenvalue weighted by molar-refractivity contribution is 0.0719. The van der Waals surface area contributed by atoms with Gasteiger partial charge in [0, 0.05) is 30.9 Å². The Hall–Kier alpha value is -2.55. The molecule has 0 unspecified atom stereocenters. The SMILES string of the molecule is CCS(=O)(=O)N1CC(CC#N)(n2cc(-c3nc(NC4CC4)nc4ccsc34)cn2)C1. The first-order chi connectivity index (χ1) is 14.4. The minimum atomic E-state index is -3.28. The molecule has 2 aliphatic rings. The highest BCUT2D eigenvalue weighted by molar-refractivity contribution is 7.89. The highest BCUT2D eigenvalue weighted by atomic mass is 32.2. The van der Waals surface area contributed by atoms with E-state index in [2.05, 4.69) is 21.5 Å². The number of thiophene rings is 1. The highest BCUT2D eigenvalue weighted by Crippen LogP contribution is 2.37. The van der Waals surface area contributed by atoms with E-state index in [1.54, 1.807) is 29.1 Å². The van der Waals surface area contributed by atoms with Crippen LogP contribution in [0.4, 0.5) is 5.95 Å². The molecule has 1 N–H and O–H groups in total. The van der Waals surface area contributed by atoms with Crippen molar-refractivity contribution in [3.8, 4) is 17.3 Å². The van der Waals surface area contributed by atoms with Crippen LogP contribution in [0.5, 0.6) is 0 Å². The van der Waals surface area contributed by atoms with E-state index in [0.29, 0.717) is 12.0 Å². The van der Waals surface area contributed by atoms with Crippen LogP contribution in [0.1, 0.15) is 26.2 Å². The zero-order valence-corrected chi connectivity index (χ0v) is 18.1. The topological polar surface area (TPSA) is 117 Å². The average Bonchev–Trinajstić information content (AvgIpc) is 3.17. The fraction of sp³-hybridized carbons (Fsp3) is 0.474. The summed E-state index contributed by atoms with van der Waals surface area (Å²) in [6.45, 7) is 2.13. The van der Waals surface area contributed by atoms with Gasteiger partial charge in [0.2, 0.25) is 16.0 Å². The van der Waals surface area contributed by atoms with E-state index in [4.69, 9.17) is 4.98 Å². The molecule has 3 aromatic rings. The van der Waals surface area contributed by atoms with E-state index in [-0.39, 0.29) is 25.3 Å². The Bertz CT molecular complexity index is 1250. The Kier molecular flexibility index (Phi) is 4.53. The largest absolute Gasteiger partial charge is 0.351 e. The molecule has 0 bridgehead atoms. The normalized spacial score (nSPS) is 18.8. The molecule has 4 heterocycles. The summed E-state index contributed by atoms with van der Waals surface area (Å²) in [5, 5.41) is 19.2. The first-order valence-electron chi connectivity index (χ1n) is 9.86. The second-order valence-electron chi connectivity index (χ2n) is 7.85. The number of nitrogens with one attached hydrogen (secondary N) is 1. The maximum atomic E-state index is 12.2. The Morgan fingerprint density at radius 1 is 1.37 bits per heavy atom. The summed E-state index contributed by atoms with van der Waals surface area (Å²) >= 11 is 1.58. The summed E-state index contributed by atoms with van der Waals surface area (Å²) < 4.78 is 28.5. The van der Waals surface area contributed by atoms with Crippen molar-refractivity contribution in [3.63, 3.8) is 0 Å². The molecular formula is C19H21N7O2S2. The van der Waals surface area contributed by atoms with Crippen LogP contribution in [0.2, 0.25) is 0 Å². The molecule has 9 nitrogen and oxygen atoms in total. The molecule has 0 spiro atoms. The fourth-order valence-electron chi connectivity index (χ4n) is 3.71. The molecule has 2 fully saturated rings. The van der Waals surface area contributed by atoms with Gasteiger partial charge in [0.05, 0.1) is 40.4 Å². The summed E-state index contributed by atoms with van der Waals surface area (Å²) in [6.07, 6.45) is 6.06. The summed E-state index contributed by atoms with van der Waals surface area (Å²) in [6, 6.07) is 4.61. The third-order valence-corrected chi connectivity index (χ3v) is 8.35. The molecule has 0 atom stereocenters. The molecule has 1 saturated carbocycles. The van der Waals surface area contributed by atoms with Crippen LogP contribution in [0.15, 0.2) is 23.8 Å². The minimum Gasteiger partial charge on any atom is -0.351 e. The van der Waals surface area contributed by atoms with Gasteiger partial charge in [-0.05, 0) is 31.2 Å². The van der Waals surface area contributed by atoms with Gasteiger partial charge in [-0.15, -0.1) is 11.3 Å². The molecule has 30 heavy (non-hydrogen) atoms. The summed E-state index contributed by atoms with van der Waals surface area (Å²) in [5.41, 5.74) is 1.87. The molecule has 11 heteroatoms. The number of aromatic nitrogens is 4. The van der Waals surface area contributed by atoms with Crippen molar-refractivity contribution in [2.75, 3.05) is 24.2 Å². The van der Waals surface area contributed by atoms with Crippen molar-refractivity contribution in [2.24, 2.45) is 0 Å². The fourth-order valence-corrected chi connectivity index (χ4v) is 5.79. The van der Waals surface area contributed by atoms with Crippen LogP contribution in [0.25, 0.3) is 21.5 Å². The number of hydrogen-bond donors (Lipinski definition) is 1. The Labute approximate surface area is 178 Å². The molecule has 5 rings (SSSR count). The lowest BCUT2D eigenvalue weighted by Crippen LogP contribution is -2.64. The molecule has 1 aliphatic heterocycles. The molecule has 0 amide bonds. The van der Waals surface area contributed by atoms with Gasteiger partial charge in [0.25, 0.3) is 0 Å². The van der Waals surface area contributed by atoms with Crippen LogP contribution >= 0.6 is 11.3 Å². The van der Waals surface area contributed by atoms with Gasteiger partial charge in [-0.25, -0.2) is 18.4 Å². The predicted molar refractivity (Wildman–Crippen MR) is 115 cm³/mol. The predicted octanol–water partition coefficient (Wildman–Crippen LogP) is 2.40. The molecule has 3 aromatic heterocycles. The molecule has 1 saturated heterocycles. The second-order valence-corrected chi connectivity index (χ2v) is 11.0. The van der Waals surface area contributed by atoms with Gasteiger partial charge in [-0.1, -0.05) is 0 Å². The third-order valence-electron chi connectivity index (χ3n) is 5.66. The van der Waals surface area contributed by atoms with Crippen molar-refractivity contribution in [2.45, 2.75) is 37.8 Å². The van der Waals surface area contributed by atoms with E-state index in [9.17, 15) is 13.7 Å². The van der Waals surface area contributed by atoms with Crippen LogP contribution in [0, 0.1) is 11.3 Å². The standard InChI is InChI=1S/C19H21N7O2S2/c1-2-30(27,28)25-11-19(12-25,6-7-20)26-10-13(9-21-26)16-17-15(5-8-29-17)23-18(24-16)22-14-3-4-14/h5,8-10,14H,2-4,6,11-12H2,1H3,(H,22,23,24). The second kappa shape index (κ2) is 7.01. The van der Waals surface area contributed by atoms with Gasteiger partial charge >= 0.3 is 0 Å². The quantitative estimate of drug-likeness (QED) is 0.596. The summed E-state index contributed by atoms with van der Waals surface area (Å²) in [4.78, 5) is 9.34. The lowest BCUT2D eigenvalue weighted by atomic mass is 9.89. The number of rotatable bonds is 7. The van der Waals surface area contributed by atoms with E-state index < -0.39 is 15.6 Å². The van der Waals surface area contributed by atoms with E-state index in [1.807, 2.05) is 17.6 Å². The van der Waals surface area contributed by atoms with Gasteiger partial charge in [-0.2, -0.15) is 14.7 Å². The van der Waals surface area contributed by atoms with Crippen LogP contribution in [-0.4, -0.2) is 57.4 Å². The highest BCUT2D eigenvalue weighted by Gasteiger charge is 2.49. The number of hydrogen-bond acceptors (Lipinski definition) is 8. The first kappa shape index (κ1) is 19.4. The van der Waals surface area contributed by atoms with Gasteiger partial charge < -0.3 is 5.32 Å². The van der Waals surface area contributed by atoms with Crippen LogP contribution in [0.3, 0.4) is 0 Å². The van der Waals surface area contributed by atoms with Gasteiger partial charge in [0.15, 0.2) is 0 Å². The maximum Gasteiger partial charge on any atom is 0.224 e. The van der Waals surface area contributed by atoms with Crippen LogP contribution < -0.4 is 5.32 Å². The molecule has 0 aromatic carbocycles. The molecule has 156 valence electrons. The smallest absolute Gasteiger partial charge is 0.224 e.